The number of piperidine rings is 1. The van der Waals surface area contributed by atoms with E-state index >= 15 is 0 Å². The van der Waals surface area contributed by atoms with Gasteiger partial charge < -0.3 is 2.85 Å². The van der Waals surface area contributed by atoms with Crippen LogP contribution in [-0.4, -0.2) is 63.6 Å². The zero-order chi connectivity index (χ0) is 7.61. The minimum Gasteiger partial charge on any atom is -1.00 e. The summed E-state index contributed by atoms with van der Waals surface area (Å²) in [5.41, 5.74) is 0. The van der Waals surface area contributed by atoms with E-state index in [4.69, 9.17) is 5.14 Å². The predicted molar refractivity (Wildman–Crippen MR) is 46.5 cm³/mol. The minimum atomic E-state index is -3.39. The molecule has 1 aliphatic rings. The van der Waals surface area contributed by atoms with Crippen molar-refractivity contribution in [2.75, 3.05) is 13.1 Å². The molecule has 1 saturated heterocycles. The van der Waals surface area contributed by atoms with Crippen molar-refractivity contribution in [2.45, 2.75) is 19.3 Å². The fourth-order valence-electron chi connectivity index (χ4n) is 1.12. The van der Waals surface area contributed by atoms with Crippen molar-refractivity contribution in [3.63, 3.8) is 0 Å². The minimum absolute atomic E-state index is 0. The van der Waals surface area contributed by atoms with Crippen LogP contribution in [0.4, 0.5) is 0 Å². The van der Waals surface area contributed by atoms with Crippen molar-refractivity contribution >= 4 is 47.9 Å². The fourth-order valence-corrected chi connectivity index (χ4v) is 1.89. The second kappa shape index (κ2) is 4.99. The number of nitrogens with zero attached hydrogens (tertiary/aromatic N) is 1. The Morgan fingerprint density at radius 1 is 1.18 bits per heavy atom. The van der Waals surface area contributed by atoms with Crippen LogP contribution in [0, 0.1) is 0 Å². The monoisotopic (exact) mass is 206 g/mol. The third-order valence-corrected chi connectivity index (χ3v) is 2.76. The maximum atomic E-state index is 10.7. The number of hydrogen-bond acceptors (Lipinski definition) is 2. The molecule has 0 aromatic heterocycles. The molecule has 0 aromatic rings. The van der Waals surface area contributed by atoms with E-state index in [0.29, 0.717) is 13.1 Å². The zero-order valence-corrected chi connectivity index (χ0v) is 9.52. The van der Waals surface area contributed by atoms with E-state index in [9.17, 15) is 8.42 Å². The third-order valence-electron chi connectivity index (χ3n) is 1.67. The normalized spacial score (nSPS) is 20.8. The molecule has 1 rings (SSSR count). The molecule has 0 aromatic carbocycles. The van der Waals surface area contributed by atoms with E-state index in [1.165, 1.54) is 4.31 Å². The third kappa shape index (κ3) is 4.05. The van der Waals surface area contributed by atoms with Crippen molar-refractivity contribution in [1.29, 1.82) is 0 Å². The zero-order valence-electron chi connectivity index (χ0n) is 8.49. The maximum Gasteiger partial charge on any atom is 2.00 e. The molecule has 0 radical (unpaired) electrons. The second-order valence-electron chi connectivity index (χ2n) is 2.50. The number of nitrogens with two attached hydrogens (primary N) is 1. The SMILES string of the molecule is NS(=O)(=O)N1CCCCC1.[Ca+2].[H-].[H-]. The Hall–Kier alpha value is 1.13. The van der Waals surface area contributed by atoms with Gasteiger partial charge in [0.1, 0.15) is 0 Å². The van der Waals surface area contributed by atoms with Gasteiger partial charge in [-0.25, -0.2) is 5.14 Å². The van der Waals surface area contributed by atoms with Crippen LogP contribution < -0.4 is 5.14 Å². The van der Waals surface area contributed by atoms with Gasteiger partial charge in [-0.05, 0) is 12.8 Å². The van der Waals surface area contributed by atoms with Crippen LogP contribution in [0.5, 0.6) is 0 Å². The molecule has 6 heteroatoms. The van der Waals surface area contributed by atoms with Crippen LogP contribution >= 0.6 is 0 Å². The topological polar surface area (TPSA) is 63.4 Å². The Balaban J connectivity index is -0.000000333. The van der Waals surface area contributed by atoms with Gasteiger partial charge in [0, 0.05) is 13.1 Å². The van der Waals surface area contributed by atoms with E-state index < -0.39 is 10.2 Å². The molecule has 0 amide bonds. The van der Waals surface area contributed by atoms with Crippen molar-refractivity contribution in [3.05, 3.63) is 0 Å². The molecule has 2 N–H and O–H groups in total. The molecule has 0 spiro atoms. The van der Waals surface area contributed by atoms with Gasteiger partial charge in [-0.3, -0.25) is 0 Å². The Morgan fingerprint density at radius 3 is 1.91 bits per heavy atom. The maximum absolute atomic E-state index is 10.7. The molecule has 0 aliphatic carbocycles. The first-order valence-corrected chi connectivity index (χ1v) is 4.89. The quantitative estimate of drug-likeness (QED) is 0.589. The smallest absolute Gasteiger partial charge is 1.00 e. The van der Waals surface area contributed by atoms with Crippen molar-refractivity contribution in [2.24, 2.45) is 5.14 Å². The molecule has 11 heavy (non-hydrogen) atoms. The molecule has 4 nitrogen and oxygen atoms in total. The molecule has 1 fully saturated rings. The average molecular weight is 206 g/mol. The van der Waals surface area contributed by atoms with Crippen LogP contribution in [0.2, 0.25) is 0 Å². The fraction of sp³-hybridized carbons (Fsp3) is 1.00. The molecule has 64 valence electrons. The molecule has 1 aliphatic heterocycles. The standard InChI is InChI=1S/C5H12N2O2S.Ca.2H/c6-10(8,9)7-4-2-1-3-5-7;;;/h1-5H2,(H2,6,8,9);;;/q;+2;2*-1. The van der Waals surface area contributed by atoms with E-state index in [-0.39, 0.29) is 40.6 Å². The second-order valence-corrected chi connectivity index (χ2v) is 4.05. The summed E-state index contributed by atoms with van der Waals surface area (Å²) in [4.78, 5) is 0. The van der Waals surface area contributed by atoms with E-state index in [1.54, 1.807) is 0 Å². The van der Waals surface area contributed by atoms with Crippen molar-refractivity contribution in [1.82, 2.24) is 4.31 Å². The summed E-state index contributed by atoms with van der Waals surface area (Å²) in [6.07, 6.45) is 3.00. The summed E-state index contributed by atoms with van der Waals surface area (Å²) in [5.74, 6) is 0. The molecule has 0 saturated carbocycles. The largest absolute Gasteiger partial charge is 2.00 e. The first kappa shape index (κ1) is 12.1. The average Bonchev–Trinajstić information content (AvgIpc) is 1.88. The number of rotatable bonds is 1. The Labute approximate surface area is 100 Å². The molecular formula is C5H14CaN2O2S. The Kier molecular flexibility index (Phi) is 5.50. The van der Waals surface area contributed by atoms with E-state index in [0.717, 1.165) is 19.3 Å². The Morgan fingerprint density at radius 2 is 1.64 bits per heavy atom. The van der Waals surface area contributed by atoms with Gasteiger partial charge in [-0.1, -0.05) is 6.42 Å². The van der Waals surface area contributed by atoms with Crippen LogP contribution in [0.3, 0.4) is 0 Å². The first-order valence-electron chi connectivity index (χ1n) is 3.38. The van der Waals surface area contributed by atoms with Crippen LogP contribution in [-0.2, 0) is 10.2 Å². The molecule has 0 atom stereocenters. The summed E-state index contributed by atoms with van der Waals surface area (Å²) in [7, 11) is -3.39. The van der Waals surface area contributed by atoms with Gasteiger partial charge in [-0.2, -0.15) is 12.7 Å². The molecule has 1 heterocycles. The van der Waals surface area contributed by atoms with Gasteiger partial charge >= 0.3 is 37.7 Å². The number of hydrogen-bond donors (Lipinski definition) is 1. The van der Waals surface area contributed by atoms with E-state index in [1.807, 2.05) is 0 Å². The van der Waals surface area contributed by atoms with E-state index in [2.05, 4.69) is 0 Å². The predicted octanol–water partition coefficient (Wildman–Crippen LogP) is -0.480. The van der Waals surface area contributed by atoms with Crippen LogP contribution in [0.25, 0.3) is 0 Å². The summed E-state index contributed by atoms with van der Waals surface area (Å²) in [6, 6.07) is 0. The van der Waals surface area contributed by atoms with Gasteiger partial charge in [0.2, 0.25) is 0 Å². The Bertz CT molecular complexity index is 207. The summed E-state index contributed by atoms with van der Waals surface area (Å²) < 4.78 is 22.7. The van der Waals surface area contributed by atoms with Gasteiger partial charge in [0.05, 0.1) is 0 Å². The van der Waals surface area contributed by atoms with Gasteiger partial charge in [0.25, 0.3) is 10.2 Å². The van der Waals surface area contributed by atoms with Crippen molar-refractivity contribution in [3.8, 4) is 0 Å². The summed E-state index contributed by atoms with van der Waals surface area (Å²) >= 11 is 0. The van der Waals surface area contributed by atoms with Gasteiger partial charge in [-0.15, -0.1) is 0 Å². The molecule has 0 bridgehead atoms. The molecule has 0 unspecified atom stereocenters. The van der Waals surface area contributed by atoms with Crippen LogP contribution in [0.1, 0.15) is 22.1 Å². The molecular weight excluding hydrogens is 192 g/mol. The summed E-state index contributed by atoms with van der Waals surface area (Å²) in [6.45, 7) is 1.19. The summed E-state index contributed by atoms with van der Waals surface area (Å²) in [5, 5.41) is 4.91. The van der Waals surface area contributed by atoms with Gasteiger partial charge in [0.15, 0.2) is 0 Å². The van der Waals surface area contributed by atoms with Crippen LogP contribution in [0.15, 0.2) is 0 Å². The first-order chi connectivity index (χ1) is 4.61. The van der Waals surface area contributed by atoms with Crippen molar-refractivity contribution < 1.29 is 11.3 Å².